The summed E-state index contributed by atoms with van der Waals surface area (Å²) in [7, 11) is 6.03. The summed E-state index contributed by atoms with van der Waals surface area (Å²) >= 11 is 0. The first-order valence-corrected chi connectivity index (χ1v) is 7.15. The van der Waals surface area contributed by atoms with Crippen molar-refractivity contribution >= 4 is 5.69 Å². The number of nitrogens with one attached hydrogen (secondary N) is 1. The highest BCUT2D eigenvalue weighted by molar-refractivity contribution is 5.46. The van der Waals surface area contributed by atoms with E-state index in [1.54, 1.807) is 0 Å². The lowest BCUT2D eigenvalue weighted by Crippen LogP contribution is -2.19. The first-order valence-electron chi connectivity index (χ1n) is 7.15. The third-order valence-electron chi connectivity index (χ3n) is 3.48. The van der Waals surface area contributed by atoms with Crippen LogP contribution in [0.3, 0.4) is 0 Å². The molecule has 0 aliphatic heterocycles. The van der Waals surface area contributed by atoms with Crippen molar-refractivity contribution in [3.05, 3.63) is 41.7 Å². The molecule has 0 saturated heterocycles. The van der Waals surface area contributed by atoms with E-state index in [0.29, 0.717) is 6.61 Å². The number of aryl methyl sites for hydroxylation is 1. The van der Waals surface area contributed by atoms with Gasteiger partial charge in [-0.3, -0.25) is 4.68 Å². The van der Waals surface area contributed by atoms with Crippen molar-refractivity contribution in [3.8, 4) is 5.75 Å². The maximum Gasteiger partial charge on any atom is 0.119 e. The van der Waals surface area contributed by atoms with Gasteiger partial charge in [0.1, 0.15) is 12.4 Å². The summed E-state index contributed by atoms with van der Waals surface area (Å²) in [6, 6.07) is 8.07. The molecule has 2 aromatic rings. The van der Waals surface area contributed by atoms with Gasteiger partial charge in [-0.25, -0.2) is 0 Å². The molecule has 0 unspecified atom stereocenters. The molecule has 0 aliphatic carbocycles. The molecule has 5 nitrogen and oxygen atoms in total. The topological polar surface area (TPSA) is 42.3 Å². The standard InChI is InChI=1S/C16H24N4O/c1-13-14(12-18-20(13)4)11-17-15-5-7-16(8-6-15)21-10-9-19(2)3/h5-8,12,17H,9-11H2,1-4H3. The van der Waals surface area contributed by atoms with Gasteiger partial charge in [0.2, 0.25) is 0 Å². The third kappa shape index (κ3) is 4.49. The monoisotopic (exact) mass is 288 g/mol. The van der Waals surface area contributed by atoms with E-state index < -0.39 is 0 Å². The van der Waals surface area contributed by atoms with Gasteiger partial charge in [0.25, 0.3) is 0 Å². The van der Waals surface area contributed by atoms with Crippen molar-refractivity contribution in [2.75, 3.05) is 32.6 Å². The van der Waals surface area contributed by atoms with Crippen LogP contribution in [0.4, 0.5) is 5.69 Å². The number of benzene rings is 1. The van der Waals surface area contributed by atoms with Crippen LogP contribution in [0.15, 0.2) is 30.5 Å². The molecular weight excluding hydrogens is 264 g/mol. The molecule has 1 N–H and O–H groups in total. The molecule has 1 aromatic heterocycles. The quantitative estimate of drug-likeness (QED) is 0.849. The van der Waals surface area contributed by atoms with Crippen LogP contribution >= 0.6 is 0 Å². The second-order valence-electron chi connectivity index (χ2n) is 5.41. The van der Waals surface area contributed by atoms with E-state index in [1.807, 2.05) is 56.3 Å². The summed E-state index contributed by atoms with van der Waals surface area (Å²) in [5, 5.41) is 7.64. The molecule has 1 heterocycles. The Kier molecular flexibility index (Phi) is 5.22. The number of hydrogen-bond donors (Lipinski definition) is 1. The number of ether oxygens (including phenoxy) is 1. The highest BCUT2D eigenvalue weighted by Gasteiger charge is 2.03. The second-order valence-corrected chi connectivity index (χ2v) is 5.41. The summed E-state index contributed by atoms with van der Waals surface area (Å²) in [4.78, 5) is 2.10. The van der Waals surface area contributed by atoms with E-state index in [9.17, 15) is 0 Å². The fourth-order valence-corrected chi connectivity index (χ4v) is 1.93. The van der Waals surface area contributed by atoms with E-state index in [4.69, 9.17) is 4.74 Å². The summed E-state index contributed by atoms with van der Waals surface area (Å²) < 4.78 is 7.56. The van der Waals surface area contributed by atoms with E-state index >= 15 is 0 Å². The van der Waals surface area contributed by atoms with E-state index in [2.05, 4.69) is 22.2 Å². The number of rotatable bonds is 7. The highest BCUT2D eigenvalue weighted by Crippen LogP contribution is 2.17. The first kappa shape index (κ1) is 15.4. The lowest BCUT2D eigenvalue weighted by molar-refractivity contribution is 0.261. The number of hydrogen-bond acceptors (Lipinski definition) is 4. The molecule has 21 heavy (non-hydrogen) atoms. The molecule has 0 fully saturated rings. The lowest BCUT2D eigenvalue weighted by atomic mass is 10.2. The van der Waals surface area contributed by atoms with Crippen LogP contribution in [-0.4, -0.2) is 41.9 Å². The molecule has 0 atom stereocenters. The van der Waals surface area contributed by atoms with E-state index in [-0.39, 0.29) is 0 Å². The zero-order valence-corrected chi connectivity index (χ0v) is 13.3. The van der Waals surface area contributed by atoms with Crippen LogP contribution in [0.25, 0.3) is 0 Å². The number of nitrogens with zero attached hydrogens (tertiary/aromatic N) is 3. The molecule has 0 radical (unpaired) electrons. The molecule has 5 heteroatoms. The van der Waals surface area contributed by atoms with Crippen LogP contribution in [0.5, 0.6) is 5.75 Å². The van der Waals surface area contributed by atoms with Crippen LogP contribution in [0.2, 0.25) is 0 Å². The Balaban J connectivity index is 1.83. The molecule has 0 saturated carbocycles. The Labute approximate surface area is 126 Å². The van der Waals surface area contributed by atoms with Gasteiger partial charge in [-0.15, -0.1) is 0 Å². The van der Waals surface area contributed by atoms with Crippen molar-refractivity contribution in [1.82, 2.24) is 14.7 Å². The minimum Gasteiger partial charge on any atom is -0.492 e. The van der Waals surface area contributed by atoms with Crippen LogP contribution in [-0.2, 0) is 13.6 Å². The molecular formula is C16H24N4O. The van der Waals surface area contributed by atoms with Gasteiger partial charge in [-0.1, -0.05) is 0 Å². The Morgan fingerprint density at radius 1 is 1.24 bits per heavy atom. The summed E-state index contributed by atoms with van der Waals surface area (Å²) in [5.74, 6) is 0.903. The van der Waals surface area contributed by atoms with Crippen LogP contribution in [0, 0.1) is 6.92 Å². The molecule has 0 bridgehead atoms. The van der Waals surface area contributed by atoms with Crippen LogP contribution < -0.4 is 10.1 Å². The third-order valence-corrected chi connectivity index (χ3v) is 3.48. The van der Waals surface area contributed by atoms with Gasteiger partial charge in [0, 0.05) is 37.1 Å². The predicted octanol–water partition coefficient (Wildman–Crippen LogP) is 2.28. The van der Waals surface area contributed by atoms with E-state index in [1.165, 1.54) is 11.3 Å². The van der Waals surface area contributed by atoms with Gasteiger partial charge in [0.15, 0.2) is 0 Å². The largest absolute Gasteiger partial charge is 0.492 e. The number of likely N-dealkylation sites (N-methyl/N-ethyl adjacent to an activating group) is 1. The minimum absolute atomic E-state index is 0.703. The van der Waals surface area contributed by atoms with Gasteiger partial charge in [-0.05, 0) is 45.3 Å². The number of anilines is 1. The fraction of sp³-hybridized carbons (Fsp3) is 0.438. The Morgan fingerprint density at radius 3 is 2.52 bits per heavy atom. The predicted molar refractivity (Wildman–Crippen MR) is 85.8 cm³/mol. The van der Waals surface area contributed by atoms with Crippen LogP contribution in [0.1, 0.15) is 11.3 Å². The van der Waals surface area contributed by atoms with Gasteiger partial charge in [0.05, 0.1) is 6.20 Å². The Hall–Kier alpha value is -2.01. The van der Waals surface area contributed by atoms with Crippen molar-refractivity contribution in [2.45, 2.75) is 13.5 Å². The maximum atomic E-state index is 5.67. The van der Waals surface area contributed by atoms with E-state index in [0.717, 1.165) is 24.5 Å². The highest BCUT2D eigenvalue weighted by atomic mass is 16.5. The molecule has 0 amide bonds. The molecule has 1 aromatic carbocycles. The molecule has 0 aliphatic rings. The zero-order chi connectivity index (χ0) is 15.2. The van der Waals surface area contributed by atoms with Gasteiger partial charge < -0.3 is 15.0 Å². The second kappa shape index (κ2) is 7.13. The van der Waals surface area contributed by atoms with Gasteiger partial charge >= 0.3 is 0 Å². The average molecular weight is 288 g/mol. The molecule has 2 rings (SSSR count). The van der Waals surface area contributed by atoms with Crippen molar-refractivity contribution in [2.24, 2.45) is 7.05 Å². The fourth-order valence-electron chi connectivity index (χ4n) is 1.93. The lowest BCUT2D eigenvalue weighted by Gasteiger charge is -2.11. The van der Waals surface area contributed by atoms with Crippen molar-refractivity contribution in [3.63, 3.8) is 0 Å². The summed E-state index contributed by atoms with van der Waals surface area (Å²) in [6.45, 7) is 4.47. The SMILES string of the molecule is Cc1c(CNc2ccc(OCCN(C)C)cc2)cnn1C. The van der Waals surface area contributed by atoms with Crippen molar-refractivity contribution in [1.29, 1.82) is 0 Å². The minimum atomic E-state index is 0.703. The van der Waals surface area contributed by atoms with Gasteiger partial charge in [-0.2, -0.15) is 5.10 Å². The first-order chi connectivity index (χ1) is 10.1. The number of aromatic nitrogens is 2. The average Bonchev–Trinajstić information content (AvgIpc) is 2.78. The molecule has 114 valence electrons. The van der Waals surface area contributed by atoms with Crippen molar-refractivity contribution < 1.29 is 4.74 Å². The zero-order valence-electron chi connectivity index (χ0n) is 13.3. The normalized spacial score (nSPS) is 10.9. The Morgan fingerprint density at radius 2 is 1.95 bits per heavy atom. The Bertz CT molecular complexity index is 560. The maximum absolute atomic E-state index is 5.67. The summed E-state index contributed by atoms with van der Waals surface area (Å²) in [5.41, 5.74) is 3.48. The summed E-state index contributed by atoms with van der Waals surface area (Å²) in [6.07, 6.45) is 1.90. The molecule has 0 spiro atoms. The smallest absolute Gasteiger partial charge is 0.119 e.